The number of rotatable bonds is 2. The van der Waals surface area contributed by atoms with Gasteiger partial charge in [0.25, 0.3) is 5.08 Å². The van der Waals surface area contributed by atoms with E-state index in [0.29, 0.717) is 6.92 Å². The second kappa shape index (κ2) is 3.60. The third-order valence-electron chi connectivity index (χ3n) is 1.10. The summed E-state index contributed by atoms with van der Waals surface area (Å²) in [5.41, 5.74) is 0. The van der Waals surface area contributed by atoms with Gasteiger partial charge < -0.3 is 24.7 Å². The maximum atomic E-state index is 10.3. The summed E-state index contributed by atoms with van der Waals surface area (Å²) in [5, 5.41) is 5.37. The third kappa shape index (κ3) is 2.67. The Morgan fingerprint density at radius 1 is 1.00 bits per heavy atom. The molecule has 0 atom stereocenters. The van der Waals surface area contributed by atoms with Gasteiger partial charge in [0.1, 0.15) is 0 Å². The first kappa shape index (κ1) is 14.8. The molecule has 7 nitrogen and oxygen atoms in total. The summed E-state index contributed by atoms with van der Waals surface area (Å²) in [6.07, 6.45) is 0. The van der Waals surface area contributed by atoms with Gasteiger partial charge in [-0.1, -0.05) is 0 Å². The van der Waals surface area contributed by atoms with E-state index < -0.39 is 20.3 Å². The van der Waals surface area contributed by atoms with E-state index in [0.717, 1.165) is 0 Å². The van der Waals surface area contributed by atoms with Gasteiger partial charge in [-0.25, -0.2) is 0 Å². The normalized spacial score (nSPS) is 13.8. The Kier molecular flexibility index (Phi) is 4.44. The first-order chi connectivity index (χ1) is 4.50. The van der Waals surface area contributed by atoms with E-state index in [1.54, 1.807) is 0 Å². The van der Waals surface area contributed by atoms with Gasteiger partial charge in [-0.05, 0) is 6.92 Å². The molecule has 0 heterocycles. The molecule has 0 aromatic rings. The molecule has 0 bridgehead atoms. The lowest BCUT2D eigenvalue weighted by Crippen LogP contribution is -2.23. The molecule has 0 saturated heterocycles. The van der Waals surface area contributed by atoms with Crippen LogP contribution in [-0.2, 0) is 9.13 Å². The Balaban J connectivity index is 0. The molecular formula is C2H8BO7P2. The lowest BCUT2D eigenvalue weighted by atomic mass is 10.8. The quantitative estimate of drug-likeness (QED) is 0.284. The molecule has 0 aliphatic rings. The Hall–Kier alpha value is 0.325. The molecule has 5 N–H and O–H groups in total. The molecule has 0 aromatic carbocycles. The Morgan fingerprint density at radius 2 is 1.17 bits per heavy atom. The minimum Gasteiger partial charge on any atom is -0.368 e. The molecule has 71 valence electrons. The molecule has 0 amide bonds. The van der Waals surface area contributed by atoms with Gasteiger partial charge in [0, 0.05) is 8.41 Å². The van der Waals surface area contributed by atoms with Crippen molar-refractivity contribution >= 4 is 23.6 Å². The highest BCUT2D eigenvalue weighted by Gasteiger charge is 2.55. The smallest absolute Gasteiger partial charge is 0.368 e. The van der Waals surface area contributed by atoms with E-state index in [1.807, 2.05) is 0 Å². The van der Waals surface area contributed by atoms with Gasteiger partial charge in [0.2, 0.25) is 0 Å². The van der Waals surface area contributed by atoms with Gasteiger partial charge >= 0.3 is 15.2 Å². The standard InChI is InChI=1S/C2H8O7P2.B/c1-2(3,10(4,5)6)11(7,8)9;/h3H,1H3,(H2,4,5,6)(H2,7,8,9);. The molecule has 10 heteroatoms. The predicted molar refractivity (Wildman–Crippen MR) is 40.5 cm³/mol. The number of hydrogen-bond acceptors (Lipinski definition) is 3. The number of aliphatic hydroxyl groups is 1. The second-order valence-electron chi connectivity index (χ2n) is 2.06. The number of hydrogen-bond donors (Lipinski definition) is 5. The van der Waals surface area contributed by atoms with E-state index in [4.69, 9.17) is 24.7 Å². The summed E-state index contributed by atoms with van der Waals surface area (Å²) in [4.78, 5) is 33.0. The Labute approximate surface area is 70.3 Å². The van der Waals surface area contributed by atoms with Crippen molar-refractivity contribution in [1.82, 2.24) is 0 Å². The van der Waals surface area contributed by atoms with Crippen LogP contribution in [0.4, 0.5) is 0 Å². The van der Waals surface area contributed by atoms with Crippen LogP contribution in [0, 0.1) is 0 Å². The average molecular weight is 217 g/mol. The van der Waals surface area contributed by atoms with Crippen molar-refractivity contribution in [2.24, 2.45) is 0 Å². The van der Waals surface area contributed by atoms with Gasteiger partial charge in [-0.2, -0.15) is 0 Å². The summed E-state index contributed by atoms with van der Waals surface area (Å²) in [7, 11) is -10.4. The third-order valence-corrected chi connectivity index (χ3v) is 4.87. The Bertz CT molecular complexity index is 212. The van der Waals surface area contributed by atoms with Crippen molar-refractivity contribution in [2.75, 3.05) is 0 Å². The minimum absolute atomic E-state index is 0. The van der Waals surface area contributed by atoms with Crippen molar-refractivity contribution in [3.05, 3.63) is 0 Å². The molecule has 0 aliphatic carbocycles. The largest absolute Gasteiger partial charge is 0.369 e. The maximum absolute atomic E-state index is 10.3. The molecule has 0 fully saturated rings. The van der Waals surface area contributed by atoms with Crippen LogP contribution in [0.5, 0.6) is 0 Å². The van der Waals surface area contributed by atoms with Crippen LogP contribution < -0.4 is 0 Å². The van der Waals surface area contributed by atoms with Crippen molar-refractivity contribution < 1.29 is 33.8 Å². The molecule has 0 aliphatic heterocycles. The van der Waals surface area contributed by atoms with Crippen molar-refractivity contribution in [1.29, 1.82) is 0 Å². The predicted octanol–water partition coefficient (Wildman–Crippen LogP) is -1.37. The summed E-state index contributed by atoms with van der Waals surface area (Å²) in [6.45, 7) is 0.383. The van der Waals surface area contributed by atoms with E-state index in [-0.39, 0.29) is 8.41 Å². The molecule has 12 heavy (non-hydrogen) atoms. The van der Waals surface area contributed by atoms with Gasteiger partial charge in [-0.15, -0.1) is 0 Å². The van der Waals surface area contributed by atoms with Crippen LogP contribution in [0.15, 0.2) is 0 Å². The van der Waals surface area contributed by atoms with E-state index in [2.05, 4.69) is 0 Å². The summed E-state index contributed by atoms with van der Waals surface area (Å²) >= 11 is 0. The van der Waals surface area contributed by atoms with Crippen LogP contribution in [0.3, 0.4) is 0 Å². The molecule has 0 aromatic heterocycles. The minimum atomic E-state index is -5.20. The fraction of sp³-hybridized carbons (Fsp3) is 1.00. The van der Waals surface area contributed by atoms with E-state index in [9.17, 15) is 9.13 Å². The lowest BCUT2D eigenvalue weighted by Gasteiger charge is -2.24. The first-order valence-corrected chi connectivity index (χ1v) is 5.56. The first-order valence-electron chi connectivity index (χ1n) is 2.34. The highest BCUT2D eigenvalue weighted by Crippen LogP contribution is 2.66. The SMILES string of the molecule is CC(O)(P(=O)(O)O)P(=O)(O)O.[B]. The summed E-state index contributed by atoms with van der Waals surface area (Å²) < 4.78 is 20.5. The zero-order chi connectivity index (χ0) is 9.50. The van der Waals surface area contributed by atoms with Crippen molar-refractivity contribution in [3.8, 4) is 0 Å². The fourth-order valence-electron chi connectivity index (χ4n) is 0.170. The Morgan fingerprint density at radius 3 is 1.17 bits per heavy atom. The van der Waals surface area contributed by atoms with Gasteiger partial charge in [0.05, 0.1) is 0 Å². The highest BCUT2D eigenvalue weighted by molar-refractivity contribution is 7.71. The highest BCUT2D eigenvalue weighted by atomic mass is 31.2. The topological polar surface area (TPSA) is 135 Å². The van der Waals surface area contributed by atoms with Gasteiger partial charge in [0.15, 0.2) is 0 Å². The van der Waals surface area contributed by atoms with Crippen LogP contribution >= 0.6 is 15.2 Å². The van der Waals surface area contributed by atoms with Gasteiger partial charge in [-0.3, -0.25) is 9.13 Å². The zero-order valence-electron chi connectivity index (χ0n) is 6.02. The molecule has 3 radical (unpaired) electrons. The molecule has 0 rings (SSSR count). The van der Waals surface area contributed by atoms with Crippen LogP contribution in [0.25, 0.3) is 0 Å². The van der Waals surface area contributed by atoms with E-state index >= 15 is 0 Å². The zero-order valence-corrected chi connectivity index (χ0v) is 7.81. The average Bonchev–Trinajstić information content (AvgIpc) is 1.58. The monoisotopic (exact) mass is 217 g/mol. The summed E-state index contributed by atoms with van der Waals surface area (Å²) in [5.74, 6) is 0. The van der Waals surface area contributed by atoms with Crippen LogP contribution in [-0.4, -0.2) is 38.2 Å². The molecule has 0 unspecified atom stereocenters. The van der Waals surface area contributed by atoms with Crippen molar-refractivity contribution in [3.63, 3.8) is 0 Å². The molecular weight excluding hydrogens is 209 g/mol. The van der Waals surface area contributed by atoms with Crippen LogP contribution in [0.2, 0.25) is 0 Å². The van der Waals surface area contributed by atoms with Crippen molar-refractivity contribution in [2.45, 2.75) is 12.0 Å². The molecule has 0 saturated carbocycles. The van der Waals surface area contributed by atoms with Crippen LogP contribution in [0.1, 0.15) is 6.92 Å². The fourth-order valence-corrected chi connectivity index (χ4v) is 1.53. The summed E-state index contributed by atoms with van der Waals surface area (Å²) in [6, 6.07) is 0. The van der Waals surface area contributed by atoms with E-state index in [1.165, 1.54) is 0 Å². The lowest BCUT2D eigenvalue weighted by molar-refractivity contribution is 0.146. The second-order valence-corrected chi connectivity index (χ2v) is 6.33. The maximum Gasteiger partial charge on any atom is 0.369 e. The molecule has 0 spiro atoms.